The molecular formula is C20H18N2O2. The molecule has 0 unspecified atom stereocenters. The summed E-state index contributed by atoms with van der Waals surface area (Å²) in [6.45, 7) is 0.518. The molecule has 0 bridgehead atoms. The summed E-state index contributed by atoms with van der Waals surface area (Å²) < 4.78 is 0. The van der Waals surface area contributed by atoms with E-state index in [9.17, 15) is 9.59 Å². The van der Waals surface area contributed by atoms with Crippen LogP contribution >= 0.6 is 0 Å². The maximum absolute atomic E-state index is 12.0. The van der Waals surface area contributed by atoms with Crippen LogP contribution in [-0.4, -0.2) is 17.4 Å². The van der Waals surface area contributed by atoms with Crippen molar-refractivity contribution >= 4 is 5.91 Å². The van der Waals surface area contributed by atoms with E-state index in [2.05, 4.69) is 34.6 Å². The molecule has 24 heavy (non-hydrogen) atoms. The molecule has 4 heteroatoms. The van der Waals surface area contributed by atoms with E-state index in [1.807, 2.05) is 30.3 Å². The first-order chi connectivity index (χ1) is 11.7. The minimum Gasteiger partial charge on any atom is -0.352 e. The molecular weight excluding hydrogens is 300 g/mol. The van der Waals surface area contributed by atoms with Gasteiger partial charge in [0.1, 0.15) is 0 Å². The smallest absolute Gasteiger partial charge is 0.251 e. The lowest BCUT2D eigenvalue weighted by Crippen LogP contribution is -2.26. The Morgan fingerprint density at radius 1 is 0.917 bits per heavy atom. The third kappa shape index (κ3) is 3.98. The third-order valence-corrected chi connectivity index (χ3v) is 3.77. The molecule has 0 saturated carbocycles. The summed E-state index contributed by atoms with van der Waals surface area (Å²) in [6.07, 6.45) is 2.20. The predicted octanol–water partition coefficient (Wildman–Crippen LogP) is 3.01. The van der Waals surface area contributed by atoms with Crippen LogP contribution in [0.5, 0.6) is 0 Å². The quantitative estimate of drug-likeness (QED) is 0.759. The summed E-state index contributed by atoms with van der Waals surface area (Å²) >= 11 is 0. The fourth-order valence-corrected chi connectivity index (χ4v) is 2.55. The number of aromatic nitrogens is 1. The van der Waals surface area contributed by atoms with Crippen molar-refractivity contribution in [2.24, 2.45) is 0 Å². The lowest BCUT2D eigenvalue weighted by Gasteiger charge is -2.07. The molecule has 3 rings (SSSR count). The molecule has 0 spiro atoms. The lowest BCUT2D eigenvalue weighted by molar-refractivity contribution is 0.0954. The normalized spacial score (nSPS) is 10.3. The number of nitrogens with one attached hydrogen (secondary N) is 2. The van der Waals surface area contributed by atoms with E-state index in [0.29, 0.717) is 12.1 Å². The van der Waals surface area contributed by atoms with E-state index in [1.54, 1.807) is 6.07 Å². The van der Waals surface area contributed by atoms with Gasteiger partial charge < -0.3 is 10.3 Å². The second-order valence-electron chi connectivity index (χ2n) is 5.51. The molecule has 3 aromatic rings. The van der Waals surface area contributed by atoms with Crippen LogP contribution in [0.25, 0.3) is 11.1 Å². The SMILES string of the molecule is O=C(NCCc1cccc(-c2ccccc2)c1)c1cc[nH]c(=O)c1. The van der Waals surface area contributed by atoms with E-state index in [1.165, 1.54) is 17.8 Å². The number of aromatic amines is 1. The van der Waals surface area contributed by atoms with E-state index in [0.717, 1.165) is 17.5 Å². The van der Waals surface area contributed by atoms with Gasteiger partial charge in [-0.15, -0.1) is 0 Å². The molecule has 2 N–H and O–H groups in total. The Balaban J connectivity index is 1.61. The number of H-pyrrole nitrogens is 1. The number of hydrogen-bond acceptors (Lipinski definition) is 2. The average molecular weight is 318 g/mol. The standard InChI is InChI=1S/C20H18N2O2/c23-19-14-18(10-12-21-19)20(24)22-11-9-15-5-4-8-17(13-15)16-6-2-1-3-7-16/h1-8,10,12-14H,9,11H2,(H,21,23)(H,22,24). The fraction of sp³-hybridized carbons (Fsp3) is 0.100. The van der Waals surface area contributed by atoms with E-state index < -0.39 is 0 Å². The summed E-state index contributed by atoms with van der Waals surface area (Å²) in [5.41, 5.74) is 3.58. The molecule has 2 aromatic carbocycles. The fourth-order valence-electron chi connectivity index (χ4n) is 2.55. The van der Waals surface area contributed by atoms with Crippen molar-refractivity contribution in [2.45, 2.75) is 6.42 Å². The lowest BCUT2D eigenvalue weighted by atomic mass is 10.0. The molecule has 1 aromatic heterocycles. The number of carbonyl (C=O) groups is 1. The first kappa shape index (κ1) is 15.7. The van der Waals surface area contributed by atoms with Crippen molar-refractivity contribution < 1.29 is 4.79 Å². The minimum atomic E-state index is -0.279. The van der Waals surface area contributed by atoms with Gasteiger partial charge in [0.05, 0.1) is 0 Å². The van der Waals surface area contributed by atoms with Gasteiger partial charge in [-0.25, -0.2) is 0 Å². The van der Waals surface area contributed by atoms with Crippen molar-refractivity contribution in [1.29, 1.82) is 0 Å². The van der Waals surface area contributed by atoms with Crippen molar-refractivity contribution in [3.63, 3.8) is 0 Å². The van der Waals surface area contributed by atoms with Gasteiger partial charge in [0.25, 0.3) is 5.91 Å². The monoisotopic (exact) mass is 318 g/mol. The third-order valence-electron chi connectivity index (χ3n) is 3.77. The van der Waals surface area contributed by atoms with Gasteiger partial charge in [0.15, 0.2) is 0 Å². The molecule has 1 amide bonds. The Morgan fingerprint density at radius 3 is 2.50 bits per heavy atom. The molecule has 0 aliphatic rings. The number of amides is 1. The average Bonchev–Trinajstić information content (AvgIpc) is 2.63. The van der Waals surface area contributed by atoms with Crippen LogP contribution in [0.4, 0.5) is 0 Å². The van der Waals surface area contributed by atoms with Crippen LogP contribution in [-0.2, 0) is 6.42 Å². The highest BCUT2D eigenvalue weighted by Crippen LogP contribution is 2.20. The second kappa shape index (κ2) is 7.42. The van der Waals surface area contributed by atoms with E-state index in [-0.39, 0.29) is 11.5 Å². The van der Waals surface area contributed by atoms with Crippen molar-refractivity contribution in [2.75, 3.05) is 6.54 Å². The number of rotatable bonds is 5. The molecule has 120 valence electrons. The zero-order valence-corrected chi connectivity index (χ0v) is 13.2. The first-order valence-electron chi connectivity index (χ1n) is 7.84. The van der Waals surface area contributed by atoms with Crippen LogP contribution in [0.3, 0.4) is 0 Å². The van der Waals surface area contributed by atoms with Crippen LogP contribution in [0, 0.1) is 0 Å². The summed E-state index contributed by atoms with van der Waals surface area (Å²) in [4.78, 5) is 25.7. The Kier molecular flexibility index (Phi) is 4.87. The van der Waals surface area contributed by atoms with E-state index in [4.69, 9.17) is 0 Å². The molecule has 0 saturated heterocycles. The Bertz CT molecular complexity index is 885. The largest absolute Gasteiger partial charge is 0.352 e. The van der Waals surface area contributed by atoms with Crippen molar-refractivity contribution in [3.8, 4) is 11.1 Å². The van der Waals surface area contributed by atoms with Crippen LogP contribution in [0.1, 0.15) is 15.9 Å². The Labute approximate surface area is 140 Å². The molecule has 1 heterocycles. The maximum atomic E-state index is 12.0. The van der Waals surface area contributed by atoms with Gasteiger partial charge in [-0.2, -0.15) is 0 Å². The van der Waals surface area contributed by atoms with Crippen LogP contribution in [0.15, 0.2) is 77.7 Å². The van der Waals surface area contributed by atoms with Gasteiger partial charge in [0.2, 0.25) is 5.56 Å². The molecule has 0 aliphatic carbocycles. The number of benzene rings is 2. The number of carbonyl (C=O) groups excluding carboxylic acids is 1. The second-order valence-corrected chi connectivity index (χ2v) is 5.51. The Hall–Kier alpha value is -3.14. The van der Waals surface area contributed by atoms with Gasteiger partial charge in [-0.1, -0.05) is 54.6 Å². The molecule has 0 aliphatic heterocycles. The highest BCUT2D eigenvalue weighted by Gasteiger charge is 2.05. The maximum Gasteiger partial charge on any atom is 0.251 e. The molecule has 0 fully saturated rings. The number of pyridine rings is 1. The molecule has 0 radical (unpaired) electrons. The Morgan fingerprint density at radius 2 is 1.71 bits per heavy atom. The van der Waals surface area contributed by atoms with Crippen molar-refractivity contribution in [1.82, 2.24) is 10.3 Å². The topological polar surface area (TPSA) is 62.0 Å². The van der Waals surface area contributed by atoms with Crippen LogP contribution < -0.4 is 10.9 Å². The first-order valence-corrected chi connectivity index (χ1v) is 7.84. The minimum absolute atomic E-state index is 0.236. The summed E-state index contributed by atoms with van der Waals surface area (Å²) in [5, 5.41) is 2.84. The van der Waals surface area contributed by atoms with Gasteiger partial charge >= 0.3 is 0 Å². The van der Waals surface area contributed by atoms with Crippen molar-refractivity contribution in [3.05, 3.63) is 94.4 Å². The van der Waals surface area contributed by atoms with Gasteiger partial charge in [0, 0.05) is 24.4 Å². The summed E-state index contributed by atoms with van der Waals surface area (Å²) in [5.74, 6) is -0.236. The zero-order chi connectivity index (χ0) is 16.8. The van der Waals surface area contributed by atoms with E-state index >= 15 is 0 Å². The summed E-state index contributed by atoms with van der Waals surface area (Å²) in [7, 11) is 0. The van der Waals surface area contributed by atoms with Gasteiger partial charge in [-0.05, 0) is 29.2 Å². The highest BCUT2D eigenvalue weighted by atomic mass is 16.2. The van der Waals surface area contributed by atoms with Crippen LogP contribution in [0.2, 0.25) is 0 Å². The summed E-state index contributed by atoms with van der Waals surface area (Å²) in [6, 6.07) is 21.4. The number of hydrogen-bond donors (Lipinski definition) is 2. The molecule has 0 atom stereocenters. The zero-order valence-electron chi connectivity index (χ0n) is 13.2. The highest BCUT2D eigenvalue weighted by molar-refractivity contribution is 5.93. The van der Waals surface area contributed by atoms with Gasteiger partial charge in [-0.3, -0.25) is 9.59 Å². The molecule has 4 nitrogen and oxygen atoms in total. The predicted molar refractivity (Wildman–Crippen MR) is 95.0 cm³/mol.